The second-order valence-corrected chi connectivity index (χ2v) is 4.47. The number of halogens is 1. The van der Waals surface area contributed by atoms with Crippen LogP contribution >= 0.6 is 11.6 Å². The predicted octanol–water partition coefficient (Wildman–Crippen LogP) is 2.84. The van der Waals surface area contributed by atoms with Gasteiger partial charge in [-0.1, -0.05) is 17.7 Å². The van der Waals surface area contributed by atoms with Crippen LogP contribution in [0.15, 0.2) is 18.2 Å². The summed E-state index contributed by atoms with van der Waals surface area (Å²) in [6.45, 7) is 0. The monoisotopic (exact) mass is 256 g/mol. The number of nitro benzene ring substituents is 1. The van der Waals surface area contributed by atoms with E-state index in [2.05, 4.69) is 5.32 Å². The van der Waals surface area contributed by atoms with Crippen LogP contribution in [-0.2, 0) is 4.74 Å². The largest absolute Gasteiger partial charge is 0.381 e. The highest BCUT2D eigenvalue weighted by molar-refractivity contribution is 6.33. The molecule has 1 saturated carbocycles. The summed E-state index contributed by atoms with van der Waals surface area (Å²) >= 11 is 5.97. The van der Waals surface area contributed by atoms with Crippen LogP contribution in [0.25, 0.3) is 0 Å². The highest BCUT2D eigenvalue weighted by Gasteiger charge is 2.31. The molecule has 0 amide bonds. The number of nitrogens with one attached hydrogen (secondary N) is 1. The van der Waals surface area contributed by atoms with Crippen molar-refractivity contribution < 1.29 is 9.66 Å². The van der Waals surface area contributed by atoms with Crippen molar-refractivity contribution >= 4 is 23.0 Å². The highest BCUT2D eigenvalue weighted by Crippen LogP contribution is 2.35. The number of nitro groups is 1. The van der Waals surface area contributed by atoms with Crippen molar-refractivity contribution in [2.45, 2.75) is 25.0 Å². The molecule has 17 heavy (non-hydrogen) atoms. The van der Waals surface area contributed by atoms with E-state index in [9.17, 15) is 10.1 Å². The van der Waals surface area contributed by atoms with E-state index in [0.717, 1.165) is 12.8 Å². The lowest BCUT2D eigenvalue weighted by Gasteiger charge is -2.35. The van der Waals surface area contributed by atoms with Crippen molar-refractivity contribution in [3.63, 3.8) is 0 Å². The van der Waals surface area contributed by atoms with Crippen LogP contribution < -0.4 is 5.32 Å². The number of hydrogen-bond acceptors (Lipinski definition) is 4. The standard InChI is InChI=1S/C11H13ClN2O3/c1-17-8-5-7(6-8)13-11-9(12)3-2-4-10(11)14(15)16/h2-4,7-8,13H,5-6H2,1H3. The Kier molecular flexibility index (Phi) is 3.49. The Morgan fingerprint density at radius 1 is 1.53 bits per heavy atom. The van der Waals surface area contributed by atoms with Gasteiger partial charge in [-0.15, -0.1) is 0 Å². The predicted molar refractivity (Wildman–Crippen MR) is 65.5 cm³/mol. The number of hydrogen-bond donors (Lipinski definition) is 1. The summed E-state index contributed by atoms with van der Waals surface area (Å²) in [7, 11) is 1.67. The zero-order valence-electron chi connectivity index (χ0n) is 9.35. The van der Waals surface area contributed by atoms with Crippen molar-refractivity contribution in [2.24, 2.45) is 0 Å². The summed E-state index contributed by atoms with van der Waals surface area (Å²) in [6.07, 6.45) is 1.94. The molecule has 6 heteroatoms. The molecule has 0 unspecified atom stereocenters. The maximum absolute atomic E-state index is 10.9. The second kappa shape index (κ2) is 4.89. The summed E-state index contributed by atoms with van der Waals surface area (Å²) in [5, 5.41) is 14.3. The number of methoxy groups -OCH3 is 1. The first-order valence-electron chi connectivity index (χ1n) is 5.34. The first-order valence-corrected chi connectivity index (χ1v) is 5.72. The number of nitrogens with zero attached hydrogens (tertiary/aromatic N) is 1. The summed E-state index contributed by atoms with van der Waals surface area (Å²) in [5.41, 5.74) is 0.414. The third kappa shape index (κ3) is 2.50. The Labute approximate surface area is 104 Å². The van der Waals surface area contributed by atoms with Crippen LogP contribution in [0.3, 0.4) is 0 Å². The van der Waals surface area contributed by atoms with Crippen LogP contribution in [0.1, 0.15) is 12.8 Å². The van der Waals surface area contributed by atoms with Crippen molar-refractivity contribution in [3.8, 4) is 0 Å². The molecule has 1 aromatic carbocycles. The van der Waals surface area contributed by atoms with E-state index >= 15 is 0 Å². The van der Waals surface area contributed by atoms with Crippen LogP contribution in [0.2, 0.25) is 5.02 Å². The molecule has 1 aliphatic carbocycles. The molecular formula is C11H13ClN2O3. The molecule has 0 aromatic heterocycles. The molecule has 2 rings (SSSR count). The molecule has 1 aliphatic rings. The Balaban J connectivity index is 2.12. The van der Waals surface area contributed by atoms with Gasteiger partial charge in [0.2, 0.25) is 0 Å². The highest BCUT2D eigenvalue weighted by atomic mass is 35.5. The summed E-state index contributed by atoms with van der Waals surface area (Å²) in [5.74, 6) is 0. The number of para-hydroxylation sites is 1. The number of benzene rings is 1. The van der Waals surface area contributed by atoms with Gasteiger partial charge in [0.1, 0.15) is 5.69 Å². The molecule has 92 valence electrons. The van der Waals surface area contributed by atoms with E-state index in [1.165, 1.54) is 6.07 Å². The molecule has 1 N–H and O–H groups in total. The van der Waals surface area contributed by atoms with Crippen LogP contribution in [0, 0.1) is 10.1 Å². The lowest BCUT2D eigenvalue weighted by molar-refractivity contribution is -0.384. The van der Waals surface area contributed by atoms with Gasteiger partial charge in [0.05, 0.1) is 16.0 Å². The van der Waals surface area contributed by atoms with E-state index in [-0.39, 0.29) is 17.8 Å². The van der Waals surface area contributed by atoms with E-state index in [1.807, 2.05) is 0 Å². The van der Waals surface area contributed by atoms with Crippen molar-refractivity contribution in [1.82, 2.24) is 0 Å². The van der Waals surface area contributed by atoms with E-state index < -0.39 is 4.92 Å². The fraction of sp³-hybridized carbons (Fsp3) is 0.455. The molecule has 0 saturated heterocycles. The lowest BCUT2D eigenvalue weighted by Crippen LogP contribution is -2.40. The molecule has 1 aromatic rings. The molecule has 0 radical (unpaired) electrons. The van der Waals surface area contributed by atoms with Gasteiger partial charge in [-0.05, 0) is 18.9 Å². The van der Waals surface area contributed by atoms with Crippen molar-refractivity contribution in [1.29, 1.82) is 0 Å². The molecule has 0 aliphatic heterocycles. The smallest absolute Gasteiger partial charge is 0.293 e. The topological polar surface area (TPSA) is 64.4 Å². The SMILES string of the molecule is COC1CC(Nc2c(Cl)cccc2[N+](=O)[O-])C1. The summed E-state index contributed by atoms with van der Waals surface area (Å²) in [4.78, 5) is 10.4. The normalized spacial score (nSPS) is 22.9. The summed E-state index contributed by atoms with van der Waals surface area (Å²) < 4.78 is 5.16. The average Bonchev–Trinajstić information content (AvgIpc) is 2.24. The maximum Gasteiger partial charge on any atom is 0.293 e. The van der Waals surface area contributed by atoms with E-state index in [4.69, 9.17) is 16.3 Å². The van der Waals surface area contributed by atoms with Gasteiger partial charge in [0.25, 0.3) is 5.69 Å². The van der Waals surface area contributed by atoms with Gasteiger partial charge in [-0.3, -0.25) is 10.1 Å². The third-order valence-corrected chi connectivity index (χ3v) is 3.28. The fourth-order valence-electron chi connectivity index (χ4n) is 1.89. The zero-order valence-corrected chi connectivity index (χ0v) is 10.1. The van der Waals surface area contributed by atoms with Gasteiger partial charge in [-0.2, -0.15) is 0 Å². The lowest BCUT2D eigenvalue weighted by atomic mass is 9.89. The number of anilines is 1. The Hall–Kier alpha value is -1.33. The number of rotatable bonds is 4. The quantitative estimate of drug-likeness (QED) is 0.665. The first-order chi connectivity index (χ1) is 8.11. The summed E-state index contributed by atoms with van der Waals surface area (Å²) in [6, 6.07) is 4.85. The Morgan fingerprint density at radius 3 is 2.82 bits per heavy atom. The van der Waals surface area contributed by atoms with E-state index in [1.54, 1.807) is 19.2 Å². The van der Waals surface area contributed by atoms with Gasteiger partial charge in [0, 0.05) is 19.2 Å². The fourth-order valence-corrected chi connectivity index (χ4v) is 2.11. The molecule has 5 nitrogen and oxygen atoms in total. The van der Waals surface area contributed by atoms with Gasteiger partial charge < -0.3 is 10.1 Å². The Bertz CT molecular complexity index is 433. The third-order valence-electron chi connectivity index (χ3n) is 2.96. The van der Waals surface area contributed by atoms with Crippen molar-refractivity contribution in [3.05, 3.63) is 33.3 Å². The maximum atomic E-state index is 10.9. The van der Waals surface area contributed by atoms with Crippen LogP contribution in [-0.4, -0.2) is 24.2 Å². The van der Waals surface area contributed by atoms with Gasteiger partial charge >= 0.3 is 0 Å². The Morgan fingerprint density at radius 2 is 2.24 bits per heavy atom. The molecular weight excluding hydrogens is 244 g/mol. The molecule has 1 fully saturated rings. The average molecular weight is 257 g/mol. The minimum absolute atomic E-state index is 0.0124. The second-order valence-electron chi connectivity index (χ2n) is 4.06. The zero-order chi connectivity index (χ0) is 12.4. The van der Waals surface area contributed by atoms with Gasteiger partial charge in [-0.25, -0.2) is 0 Å². The first kappa shape index (κ1) is 12.1. The van der Waals surface area contributed by atoms with E-state index in [0.29, 0.717) is 10.7 Å². The minimum atomic E-state index is -0.430. The van der Waals surface area contributed by atoms with Crippen molar-refractivity contribution in [2.75, 3.05) is 12.4 Å². The molecule has 0 spiro atoms. The van der Waals surface area contributed by atoms with Crippen LogP contribution in [0.5, 0.6) is 0 Å². The van der Waals surface area contributed by atoms with Gasteiger partial charge in [0.15, 0.2) is 0 Å². The molecule has 0 heterocycles. The number of ether oxygens (including phenoxy) is 1. The molecule has 0 atom stereocenters. The molecule has 0 bridgehead atoms. The minimum Gasteiger partial charge on any atom is -0.381 e. The van der Waals surface area contributed by atoms with Crippen LogP contribution in [0.4, 0.5) is 11.4 Å².